The maximum absolute atomic E-state index is 12.7. The van der Waals surface area contributed by atoms with Crippen molar-refractivity contribution in [1.29, 1.82) is 0 Å². The van der Waals surface area contributed by atoms with Crippen LogP contribution in [-0.4, -0.2) is 47.7 Å². The van der Waals surface area contributed by atoms with Gasteiger partial charge in [-0.2, -0.15) is 13.2 Å². The van der Waals surface area contributed by atoms with Crippen molar-refractivity contribution in [2.24, 2.45) is 5.73 Å². The van der Waals surface area contributed by atoms with Crippen LogP contribution in [0.2, 0.25) is 10.0 Å². The van der Waals surface area contributed by atoms with E-state index in [9.17, 15) is 22.8 Å². The number of hydrogen-bond donors (Lipinski definition) is 3. The average Bonchev–Trinajstić information content (AvgIpc) is 3.09. The third kappa shape index (κ3) is 6.98. The fraction of sp³-hybridized carbons (Fsp3) is 0.526. The molecule has 4 N–H and O–H groups in total. The highest BCUT2D eigenvalue weighted by Gasteiger charge is 2.41. The zero-order valence-corrected chi connectivity index (χ0v) is 18.4. The van der Waals surface area contributed by atoms with E-state index in [1.807, 2.05) is 6.92 Å². The molecule has 1 aromatic rings. The number of unbranched alkanes of at least 4 members (excludes halogenated alkanes) is 1. The normalized spacial score (nSPS) is 16.1. The first-order chi connectivity index (χ1) is 14.4. The number of nitrogens with one attached hydrogen (secondary N) is 1. The van der Waals surface area contributed by atoms with Crippen molar-refractivity contribution in [3.63, 3.8) is 0 Å². The summed E-state index contributed by atoms with van der Waals surface area (Å²) in [5, 5.41) is 10.8. The van der Waals surface area contributed by atoms with Crippen LogP contribution in [0.4, 0.5) is 18.9 Å². The average molecular weight is 486 g/mol. The highest BCUT2D eigenvalue weighted by atomic mass is 35.5. The summed E-state index contributed by atoms with van der Waals surface area (Å²) in [6, 6.07) is 2.07. The largest absolute Gasteiger partial charge is 0.490 e. The first kappa shape index (κ1) is 27.0. The Morgan fingerprint density at radius 3 is 2.35 bits per heavy atom. The summed E-state index contributed by atoms with van der Waals surface area (Å²) in [6.07, 6.45) is -2.37. The second kappa shape index (κ2) is 11.5. The Morgan fingerprint density at radius 1 is 1.29 bits per heavy atom. The Bertz CT molecular complexity index is 821. The van der Waals surface area contributed by atoms with Gasteiger partial charge in [0, 0.05) is 18.7 Å². The molecular formula is C19H24Cl2F3N3O4. The lowest BCUT2D eigenvalue weighted by molar-refractivity contribution is -0.192. The molecule has 0 spiro atoms. The Hall–Kier alpha value is -2.04. The molecule has 7 nitrogen and oxygen atoms in total. The summed E-state index contributed by atoms with van der Waals surface area (Å²) in [5.74, 6) is -3.22. The highest BCUT2D eigenvalue weighted by molar-refractivity contribution is 6.43. The molecule has 174 valence electrons. The number of carboxylic acid groups (broad SMARTS) is 1. The number of aliphatic carboxylic acids is 1. The molecule has 0 unspecified atom stereocenters. The third-order valence-electron chi connectivity index (χ3n) is 4.51. The topological polar surface area (TPSA) is 113 Å². The van der Waals surface area contributed by atoms with Crippen LogP contribution in [0.5, 0.6) is 0 Å². The van der Waals surface area contributed by atoms with Crippen LogP contribution in [0, 0.1) is 0 Å². The molecular weight excluding hydrogens is 462 g/mol. The molecule has 2 rings (SSSR count). The summed E-state index contributed by atoms with van der Waals surface area (Å²) in [5.41, 5.74) is 7.26. The van der Waals surface area contributed by atoms with Crippen LogP contribution >= 0.6 is 23.2 Å². The van der Waals surface area contributed by atoms with E-state index in [2.05, 4.69) is 12.2 Å². The van der Waals surface area contributed by atoms with Crippen LogP contribution in [0.3, 0.4) is 0 Å². The van der Waals surface area contributed by atoms with Gasteiger partial charge in [0.15, 0.2) is 0 Å². The second-order valence-electron chi connectivity index (χ2n) is 6.75. The molecule has 0 bridgehead atoms. The van der Waals surface area contributed by atoms with Crippen molar-refractivity contribution < 1.29 is 32.7 Å². The van der Waals surface area contributed by atoms with Crippen LogP contribution in [-0.2, 0) is 20.8 Å². The number of fused-ring (bicyclic) bond motifs is 1. The van der Waals surface area contributed by atoms with Gasteiger partial charge < -0.3 is 16.2 Å². The summed E-state index contributed by atoms with van der Waals surface area (Å²) in [6.45, 7) is 4.47. The number of carbonyl (C=O) groups is 3. The van der Waals surface area contributed by atoms with Gasteiger partial charge in [-0.15, -0.1) is 0 Å². The van der Waals surface area contributed by atoms with Gasteiger partial charge >= 0.3 is 12.1 Å². The molecule has 0 aliphatic carbocycles. The molecule has 2 amide bonds. The SMILES string of the molecule is CCCCNC(=O)[C@H]1Cc2c(ccc(Cl)c2Cl)N1C(=O)[C@@H](N)CC.O=C(O)C(F)(F)F. The predicted octanol–water partition coefficient (Wildman–Crippen LogP) is 3.54. The number of anilines is 1. The van der Waals surface area contributed by atoms with E-state index in [1.54, 1.807) is 12.1 Å². The number of amides is 2. The van der Waals surface area contributed by atoms with E-state index in [-0.39, 0.29) is 11.8 Å². The van der Waals surface area contributed by atoms with Crippen molar-refractivity contribution in [3.05, 3.63) is 27.7 Å². The summed E-state index contributed by atoms with van der Waals surface area (Å²) < 4.78 is 31.7. The molecule has 0 fully saturated rings. The van der Waals surface area contributed by atoms with Crippen LogP contribution in [0.15, 0.2) is 12.1 Å². The van der Waals surface area contributed by atoms with Gasteiger partial charge in [-0.1, -0.05) is 43.5 Å². The molecule has 2 atom stereocenters. The van der Waals surface area contributed by atoms with E-state index >= 15 is 0 Å². The Labute approximate surface area is 187 Å². The van der Waals surface area contributed by atoms with E-state index in [0.29, 0.717) is 35.1 Å². The van der Waals surface area contributed by atoms with Crippen molar-refractivity contribution in [3.8, 4) is 0 Å². The number of alkyl halides is 3. The monoisotopic (exact) mass is 485 g/mol. The van der Waals surface area contributed by atoms with Crippen molar-refractivity contribution in [2.75, 3.05) is 11.4 Å². The Balaban J connectivity index is 0.000000592. The predicted molar refractivity (Wildman–Crippen MR) is 111 cm³/mol. The highest BCUT2D eigenvalue weighted by Crippen LogP contribution is 2.40. The maximum atomic E-state index is 12.7. The Kier molecular flexibility index (Phi) is 10.1. The van der Waals surface area contributed by atoms with Crippen molar-refractivity contribution >= 4 is 46.7 Å². The van der Waals surface area contributed by atoms with E-state index in [4.69, 9.17) is 38.8 Å². The van der Waals surface area contributed by atoms with Crippen molar-refractivity contribution in [2.45, 2.75) is 57.8 Å². The van der Waals surface area contributed by atoms with Gasteiger partial charge in [0.05, 0.1) is 16.1 Å². The van der Waals surface area contributed by atoms with Gasteiger partial charge in [0.2, 0.25) is 11.8 Å². The van der Waals surface area contributed by atoms with Crippen molar-refractivity contribution in [1.82, 2.24) is 5.32 Å². The van der Waals surface area contributed by atoms with Crippen LogP contribution in [0.1, 0.15) is 38.7 Å². The minimum absolute atomic E-state index is 0.191. The van der Waals surface area contributed by atoms with Crippen LogP contribution in [0.25, 0.3) is 0 Å². The molecule has 1 aliphatic rings. The molecule has 0 radical (unpaired) electrons. The molecule has 12 heteroatoms. The number of benzene rings is 1. The number of halogens is 5. The quantitative estimate of drug-likeness (QED) is 0.533. The minimum Gasteiger partial charge on any atom is -0.475 e. The maximum Gasteiger partial charge on any atom is 0.490 e. The summed E-state index contributed by atoms with van der Waals surface area (Å²) >= 11 is 12.4. The lowest BCUT2D eigenvalue weighted by Gasteiger charge is -2.27. The van der Waals surface area contributed by atoms with Crippen LogP contribution < -0.4 is 16.0 Å². The zero-order chi connectivity index (χ0) is 23.9. The molecule has 1 aromatic carbocycles. The number of carbonyl (C=O) groups excluding carboxylic acids is 2. The lowest BCUT2D eigenvalue weighted by atomic mass is 10.1. The van der Waals surface area contributed by atoms with E-state index in [1.165, 1.54) is 4.90 Å². The smallest absolute Gasteiger partial charge is 0.475 e. The number of carboxylic acids is 1. The van der Waals surface area contributed by atoms with Gasteiger partial charge in [-0.05, 0) is 30.5 Å². The molecule has 0 saturated heterocycles. The number of nitrogens with zero attached hydrogens (tertiary/aromatic N) is 1. The molecule has 31 heavy (non-hydrogen) atoms. The number of rotatable bonds is 6. The summed E-state index contributed by atoms with van der Waals surface area (Å²) in [4.78, 5) is 35.7. The standard InChI is InChI=1S/C17H23Cl2N3O2.C2HF3O2/c1-3-5-8-21-16(23)14-9-10-13(7-6-11(18)15(10)19)22(14)17(24)12(20)4-2;3-2(4,5)1(6)7/h6-7,12,14H,3-5,8-9,20H2,1-2H3,(H,21,23);(H,6,7)/t12-,14+;/m0./s1. The first-order valence-corrected chi connectivity index (χ1v) is 10.3. The van der Waals surface area contributed by atoms with E-state index < -0.39 is 24.2 Å². The lowest BCUT2D eigenvalue weighted by Crippen LogP contribution is -2.53. The first-order valence-electron chi connectivity index (χ1n) is 9.50. The molecule has 1 aliphatic heterocycles. The fourth-order valence-electron chi connectivity index (χ4n) is 2.80. The molecule has 0 saturated carbocycles. The number of nitrogens with two attached hydrogens (primary N) is 1. The Morgan fingerprint density at radius 2 is 1.87 bits per heavy atom. The van der Waals surface area contributed by atoms with Gasteiger partial charge in [-0.25, -0.2) is 4.79 Å². The second-order valence-corrected chi connectivity index (χ2v) is 7.53. The third-order valence-corrected chi connectivity index (χ3v) is 5.35. The van der Waals surface area contributed by atoms with Gasteiger partial charge in [0.25, 0.3) is 0 Å². The fourth-order valence-corrected chi connectivity index (χ4v) is 3.21. The van der Waals surface area contributed by atoms with Gasteiger partial charge in [0.1, 0.15) is 6.04 Å². The van der Waals surface area contributed by atoms with Gasteiger partial charge in [-0.3, -0.25) is 14.5 Å². The zero-order valence-electron chi connectivity index (χ0n) is 16.9. The minimum atomic E-state index is -5.08. The van der Waals surface area contributed by atoms with E-state index in [0.717, 1.165) is 18.4 Å². The number of hydrogen-bond acceptors (Lipinski definition) is 4. The summed E-state index contributed by atoms with van der Waals surface area (Å²) in [7, 11) is 0. The molecule has 0 aromatic heterocycles. The molecule has 1 heterocycles.